The lowest BCUT2D eigenvalue weighted by molar-refractivity contribution is 0.309. The molecule has 19 heavy (non-hydrogen) atoms. The Morgan fingerprint density at radius 2 is 2.16 bits per heavy atom. The first-order valence-corrected chi connectivity index (χ1v) is 7.83. The van der Waals surface area contributed by atoms with Crippen molar-refractivity contribution in [2.24, 2.45) is 0 Å². The van der Waals surface area contributed by atoms with Crippen molar-refractivity contribution in [1.82, 2.24) is 9.62 Å². The molecule has 0 radical (unpaired) electrons. The Labute approximate surface area is 127 Å². The van der Waals surface area contributed by atoms with Gasteiger partial charge in [0.1, 0.15) is 10.7 Å². The van der Waals surface area contributed by atoms with Gasteiger partial charge in [-0.05, 0) is 25.1 Å². The first-order chi connectivity index (χ1) is 8.41. The maximum Gasteiger partial charge on any atom is 0.246 e. The molecule has 0 saturated carbocycles. The Balaban J connectivity index is 0.00000180. The minimum atomic E-state index is -3.74. The van der Waals surface area contributed by atoms with Crippen LogP contribution >= 0.6 is 28.3 Å². The molecule has 1 atom stereocenters. The van der Waals surface area contributed by atoms with Crippen LogP contribution in [0.25, 0.3) is 0 Å². The van der Waals surface area contributed by atoms with Crippen molar-refractivity contribution < 1.29 is 12.8 Å². The highest BCUT2D eigenvalue weighted by Crippen LogP contribution is 2.23. The topological polar surface area (TPSA) is 49.4 Å². The van der Waals surface area contributed by atoms with Gasteiger partial charge in [0, 0.05) is 30.1 Å². The van der Waals surface area contributed by atoms with Crippen LogP contribution in [0.2, 0.25) is 0 Å². The lowest BCUT2D eigenvalue weighted by Gasteiger charge is -2.31. The van der Waals surface area contributed by atoms with Crippen molar-refractivity contribution in [2.45, 2.75) is 17.9 Å². The summed E-state index contributed by atoms with van der Waals surface area (Å²) in [5.41, 5.74) is 0. The van der Waals surface area contributed by atoms with Gasteiger partial charge in [-0.1, -0.05) is 15.9 Å². The zero-order valence-electron chi connectivity index (χ0n) is 10.3. The number of benzene rings is 1. The molecule has 0 aliphatic carbocycles. The fourth-order valence-electron chi connectivity index (χ4n) is 1.94. The summed E-state index contributed by atoms with van der Waals surface area (Å²) in [4.78, 5) is -0.264. The third kappa shape index (κ3) is 3.66. The zero-order valence-corrected chi connectivity index (χ0v) is 13.5. The molecule has 0 spiro atoms. The number of nitrogens with one attached hydrogen (secondary N) is 1. The summed E-state index contributed by atoms with van der Waals surface area (Å²) >= 11 is 3.11. The van der Waals surface area contributed by atoms with E-state index in [0.717, 1.165) is 0 Å². The average Bonchev–Trinajstić information content (AvgIpc) is 2.28. The molecule has 0 amide bonds. The van der Waals surface area contributed by atoms with E-state index in [1.54, 1.807) is 0 Å². The highest BCUT2D eigenvalue weighted by Gasteiger charge is 2.30. The molecule has 1 N–H and O–H groups in total. The van der Waals surface area contributed by atoms with E-state index in [9.17, 15) is 12.8 Å². The second-order valence-electron chi connectivity index (χ2n) is 4.29. The van der Waals surface area contributed by atoms with E-state index < -0.39 is 15.8 Å². The second-order valence-corrected chi connectivity index (χ2v) is 7.12. The van der Waals surface area contributed by atoms with Gasteiger partial charge in [-0.3, -0.25) is 0 Å². The number of sulfonamides is 1. The normalized spacial score (nSPS) is 20.9. The Morgan fingerprint density at radius 3 is 2.74 bits per heavy atom. The molecular weight excluding hydrogens is 359 g/mol. The van der Waals surface area contributed by atoms with Crippen LogP contribution in [0.5, 0.6) is 0 Å². The van der Waals surface area contributed by atoms with Crippen LogP contribution in [0.1, 0.15) is 6.92 Å². The van der Waals surface area contributed by atoms with Gasteiger partial charge in [0.2, 0.25) is 10.0 Å². The van der Waals surface area contributed by atoms with Crippen molar-refractivity contribution in [3.05, 3.63) is 28.5 Å². The molecule has 8 heteroatoms. The quantitative estimate of drug-likeness (QED) is 0.862. The number of piperazine rings is 1. The molecule has 1 saturated heterocycles. The first-order valence-electron chi connectivity index (χ1n) is 5.60. The predicted molar refractivity (Wildman–Crippen MR) is 77.6 cm³/mol. The van der Waals surface area contributed by atoms with E-state index in [0.29, 0.717) is 24.1 Å². The highest BCUT2D eigenvalue weighted by atomic mass is 79.9. The molecule has 4 nitrogen and oxygen atoms in total. The van der Waals surface area contributed by atoms with E-state index in [1.165, 1.54) is 22.5 Å². The predicted octanol–water partition coefficient (Wildman–Crippen LogP) is 1.99. The molecule has 0 aromatic heterocycles. The molecule has 1 fully saturated rings. The van der Waals surface area contributed by atoms with Crippen LogP contribution in [-0.4, -0.2) is 38.4 Å². The summed E-state index contributed by atoms with van der Waals surface area (Å²) in [6.07, 6.45) is 0. The molecule has 1 aliphatic rings. The molecule has 1 heterocycles. The van der Waals surface area contributed by atoms with Gasteiger partial charge in [0.05, 0.1) is 0 Å². The number of hydrogen-bond acceptors (Lipinski definition) is 3. The van der Waals surface area contributed by atoms with Crippen molar-refractivity contribution in [3.63, 3.8) is 0 Å². The summed E-state index contributed by atoms with van der Waals surface area (Å²) in [5.74, 6) is -0.726. The van der Waals surface area contributed by atoms with E-state index in [2.05, 4.69) is 21.2 Å². The largest absolute Gasteiger partial charge is 0.312 e. The van der Waals surface area contributed by atoms with E-state index >= 15 is 0 Å². The van der Waals surface area contributed by atoms with E-state index in [-0.39, 0.29) is 23.3 Å². The van der Waals surface area contributed by atoms with Gasteiger partial charge in [0.15, 0.2) is 0 Å². The van der Waals surface area contributed by atoms with Gasteiger partial charge in [0.25, 0.3) is 0 Å². The Hall–Kier alpha value is -0.210. The van der Waals surface area contributed by atoms with Gasteiger partial charge >= 0.3 is 0 Å². The second kappa shape index (κ2) is 6.49. The van der Waals surface area contributed by atoms with Crippen molar-refractivity contribution >= 4 is 38.4 Å². The van der Waals surface area contributed by atoms with Crippen LogP contribution in [0.4, 0.5) is 4.39 Å². The smallest absolute Gasteiger partial charge is 0.246 e. The van der Waals surface area contributed by atoms with Gasteiger partial charge in [-0.2, -0.15) is 4.31 Å². The third-order valence-corrected chi connectivity index (χ3v) is 5.23. The zero-order chi connectivity index (χ0) is 13.3. The first kappa shape index (κ1) is 16.8. The molecule has 108 valence electrons. The molecular formula is C11H15BrClFN2O2S. The van der Waals surface area contributed by atoms with Crippen LogP contribution in [-0.2, 0) is 10.0 Å². The molecule has 1 aromatic rings. The lowest BCUT2D eigenvalue weighted by Crippen LogP contribution is -2.51. The van der Waals surface area contributed by atoms with Crippen molar-refractivity contribution in [1.29, 1.82) is 0 Å². The summed E-state index contributed by atoms with van der Waals surface area (Å²) in [7, 11) is -3.74. The third-order valence-electron chi connectivity index (χ3n) is 2.84. The van der Waals surface area contributed by atoms with Crippen molar-refractivity contribution in [3.8, 4) is 0 Å². The van der Waals surface area contributed by atoms with E-state index in [1.807, 2.05) is 6.92 Å². The van der Waals surface area contributed by atoms with Gasteiger partial charge in [-0.25, -0.2) is 12.8 Å². The Morgan fingerprint density at radius 1 is 1.47 bits per heavy atom. The number of rotatable bonds is 2. The van der Waals surface area contributed by atoms with Gasteiger partial charge in [-0.15, -0.1) is 12.4 Å². The van der Waals surface area contributed by atoms with Crippen LogP contribution in [0.15, 0.2) is 27.6 Å². The summed E-state index contributed by atoms with van der Waals surface area (Å²) in [6, 6.07) is 4.06. The fraction of sp³-hybridized carbons (Fsp3) is 0.455. The summed E-state index contributed by atoms with van der Waals surface area (Å²) in [6.45, 7) is 3.21. The maximum atomic E-state index is 13.7. The number of halogens is 3. The van der Waals surface area contributed by atoms with Crippen LogP contribution in [0.3, 0.4) is 0 Å². The standard InChI is InChI=1S/C11H14BrFN2O2S.ClH/c1-8-7-15(5-4-14-8)18(16,17)11-3-2-9(12)6-10(11)13;/h2-3,6,8,14H,4-5,7H2,1H3;1H/t8-;/m0./s1. The number of nitrogens with zero attached hydrogens (tertiary/aromatic N) is 1. The van der Waals surface area contributed by atoms with E-state index in [4.69, 9.17) is 0 Å². The maximum absolute atomic E-state index is 13.7. The van der Waals surface area contributed by atoms with Crippen LogP contribution in [0, 0.1) is 5.82 Å². The monoisotopic (exact) mass is 372 g/mol. The minimum Gasteiger partial charge on any atom is -0.312 e. The highest BCUT2D eigenvalue weighted by molar-refractivity contribution is 9.10. The Bertz CT molecular complexity index is 556. The fourth-order valence-corrected chi connectivity index (χ4v) is 3.85. The lowest BCUT2D eigenvalue weighted by atomic mass is 10.3. The summed E-state index contributed by atoms with van der Waals surface area (Å²) in [5, 5.41) is 3.15. The molecule has 0 bridgehead atoms. The number of hydrogen-bond donors (Lipinski definition) is 1. The van der Waals surface area contributed by atoms with Gasteiger partial charge < -0.3 is 5.32 Å². The van der Waals surface area contributed by atoms with Crippen molar-refractivity contribution in [2.75, 3.05) is 19.6 Å². The molecule has 0 unspecified atom stereocenters. The average molecular weight is 374 g/mol. The SMILES string of the molecule is C[C@H]1CN(S(=O)(=O)c2ccc(Br)cc2F)CCN1.Cl. The minimum absolute atomic E-state index is 0. The Kier molecular flexibility index (Phi) is 5.76. The van der Waals surface area contributed by atoms with Crippen LogP contribution < -0.4 is 5.32 Å². The molecule has 1 aliphatic heterocycles. The summed E-state index contributed by atoms with van der Waals surface area (Å²) < 4.78 is 40.2. The molecule has 2 rings (SSSR count). The molecule has 1 aromatic carbocycles.